The van der Waals surface area contributed by atoms with Crippen molar-refractivity contribution < 1.29 is 26.6 Å². The Morgan fingerprint density at radius 3 is 1.95 bits per heavy atom. The Kier molecular flexibility index (Phi) is 44.5. The van der Waals surface area contributed by atoms with E-state index in [4.69, 9.17) is 9.68 Å². The molecule has 0 aromatic carbocycles. The molecule has 9 heteroatoms. The minimum Gasteiger partial charge on any atom is -0.427 e. The minimum absolute atomic E-state index is 0. The molecule has 0 unspecified atom stereocenters. The maximum absolute atomic E-state index is 10.5. The van der Waals surface area contributed by atoms with Crippen LogP contribution >= 0.6 is 0 Å². The highest BCUT2D eigenvalue weighted by molar-refractivity contribution is 7.81. The molecule has 136 valence electrons. The van der Waals surface area contributed by atoms with E-state index in [0.29, 0.717) is 0 Å². The predicted octanol–water partition coefficient (Wildman–Crippen LogP) is 3.03. The predicted molar refractivity (Wildman–Crippen MR) is 94.1 cm³/mol. The second kappa shape index (κ2) is 21.8. The molecule has 0 spiro atoms. The molecule has 0 saturated heterocycles. The Morgan fingerprint density at radius 1 is 1.19 bits per heavy atom. The molecule has 0 aromatic heterocycles. The van der Waals surface area contributed by atoms with Gasteiger partial charge in [0.1, 0.15) is 0 Å². The summed E-state index contributed by atoms with van der Waals surface area (Å²) in [6.45, 7) is 5.21. The molecule has 0 aliphatic carbocycles. The van der Waals surface area contributed by atoms with E-state index >= 15 is 0 Å². The largest absolute Gasteiger partial charge is 0.456 e. The standard InChI is InChI=1S/C6H14BNO6S.6CH4/c1-6(2)5-12-7(9)3-4-13-15(10,11)14-8;;;;;;/h9H,1,3-5,8H2,2H3;6*1H4. The summed E-state index contributed by atoms with van der Waals surface area (Å²) in [6, 6.07) is 0. The number of hydrogen-bond acceptors (Lipinski definition) is 7. The maximum atomic E-state index is 10.5. The van der Waals surface area contributed by atoms with Gasteiger partial charge in [-0.2, -0.15) is 18.6 Å². The van der Waals surface area contributed by atoms with E-state index in [9.17, 15) is 8.42 Å². The van der Waals surface area contributed by atoms with E-state index in [0.717, 1.165) is 5.57 Å². The van der Waals surface area contributed by atoms with Crippen LogP contribution in [0.15, 0.2) is 12.2 Å². The smallest absolute Gasteiger partial charge is 0.427 e. The highest BCUT2D eigenvalue weighted by atomic mass is 32.3. The molecule has 0 heterocycles. The van der Waals surface area contributed by atoms with Gasteiger partial charge in [0, 0.05) is 6.32 Å². The van der Waals surface area contributed by atoms with Crippen molar-refractivity contribution in [3.8, 4) is 0 Å². The molecule has 21 heavy (non-hydrogen) atoms. The van der Waals surface area contributed by atoms with Gasteiger partial charge in [0.05, 0.1) is 13.2 Å². The quantitative estimate of drug-likeness (QED) is 0.399. The Balaban J connectivity index is -0.0000000653. The van der Waals surface area contributed by atoms with Crippen molar-refractivity contribution in [2.45, 2.75) is 57.8 Å². The van der Waals surface area contributed by atoms with Crippen LogP contribution in [-0.4, -0.2) is 33.8 Å². The van der Waals surface area contributed by atoms with Gasteiger partial charge in [0.2, 0.25) is 0 Å². The molecule has 0 aliphatic heterocycles. The van der Waals surface area contributed by atoms with Crippen molar-refractivity contribution in [2.75, 3.05) is 13.2 Å². The summed E-state index contributed by atoms with van der Waals surface area (Å²) in [5.74, 6) is 4.40. The van der Waals surface area contributed by atoms with E-state index < -0.39 is 17.5 Å². The van der Waals surface area contributed by atoms with Crippen molar-refractivity contribution in [3.63, 3.8) is 0 Å². The molecule has 0 saturated carbocycles. The van der Waals surface area contributed by atoms with E-state index in [-0.39, 0.29) is 64.1 Å². The summed E-state index contributed by atoms with van der Waals surface area (Å²) in [6.07, 6.45) is -0.0180. The van der Waals surface area contributed by atoms with Gasteiger partial charge >= 0.3 is 17.5 Å². The molecular weight excluding hydrogens is 297 g/mol. The van der Waals surface area contributed by atoms with Crippen molar-refractivity contribution >= 4 is 17.5 Å². The normalized spacial score (nSPS) is 8.14. The summed E-state index contributed by atoms with van der Waals surface area (Å²) in [4.78, 5) is 0. The first kappa shape index (κ1) is 42.8. The zero-order valence-corrected chi connectivity index (χ0v) is 9.20. The maximum Gasteiger partial charge on any atom is 0.456 e. The summed E-state index contributed by atoms with van der Waals surface area (Å²) < 4.78 is 33.7. The van der Waals surface area contributed by atoms with Crippen molar-refractivity contribution in [1.29, 1.82) is 0 Å². The average molecular weight is 335 g/mol. The third kappa shape index (κ3) is 28.4. The Morgan fingerprint density at radius 2 is 1.62 bits per heavy atom. The number of rotatable bonds is 8. The van der Waals surface area contributed by atoms with Crippen molar-refractivity contribution in [3.05, 3.63) is 12.2 Å². The van der Waals surface area contributed by atoms with Crippen LogP contribution < -0.4 is 5.90 Å². The molecule has 0 rings (SSSR count). The van der Waals surface area contributed by atoms with Gasteiger partial charge in [-0.25, -0.2) is 4.18 Å². The summed E-state index contributed by atoms with van der Waals surface area (Å²) in [7, 11) is -5.27. The lowest BCUT2D eigenvalue weighted by Crippen LogP contribution is -2.23. The first-order valence-corrected chi connectivity index (χ1v) is 5.42. The van der Waals surface area contributed by atoms with Gasteiger partial charge in [-0.05, 0) is 6.92 Å². The van der Waals surface area contributed by atoms with E-state index in [1.165, 1.54) is 0 Å². The van der Waals surface area contributed by atoms with Gasteiger partial charge in [0.25, 0.3) is 0 Å². The topological polar surface area (TPSA) is 108 Å². The molecule has 0 radical (unpaired) electrons. The monoisotopic (exact) mass is 335 g/mol. The third-order valence-corrected chi connectivity index (χ3v) is 1.92. The lowest BCUT2D eigenvalue weighted by molar-refractivity contribution is 0.217. The average Bonchev–Trinajstić information content (AvgIpc) is 2.14. The minimum atomic E-state index is -4.15. The van der Waals surface area contributed by atoms with Crippen molar-refractivity contribution in [1.82, 2.24) is 0 Å². The van der Waals surface area contributed by atoms with Crippen LogP contribution in [0.3, 0.4) is 0 Å². The van der Waals surface area contributed by atoms with Crippen LogP contribution in [0.1, 0.15) is 51.5 Å². The van der Waals surface area contributed by atoms with E-state index in [1.807, 2.05) is 0 Å². The first-order chi connectivity index (χ1) is 6.87. The van der Waals surface area contributed by atoms with Crippen LogP contribution in [0.2, 0.25) is 6.32 Å². The van der Waals surface area contributed by atoms with Crippen molar-refractivity contribution in [2.24, 2.45) is 5.90 Å². The second-order valence-electron chi connectivity index (χ2n) is 2.84. The fourth-order valence-corrected chi connectivity index (χ4v) is 0.956. The van der Waals surface area contributed by atoms with Crippen LogP contribution in [0.5, 0.6) is 0 Å². The molecule has 0 aliphatic rings. The van der Waals surface area contributed by atoms with Gasteiger partial charge in [0.15, 0.2) is 0 Å². The molecule has 0 fully saturated rings. The van der Waals surface area contributed by atoms with Gasteiger partial charge in [-0.3, -0.25) is 0 Å². The zero-order valence-electron chi connectivity index (χ0n) is 8.38. The fourth-order valence-electron chi connectivity index (χ4n) is 0.601. The molecule has 7 nitrogen and oxygen atoms in total. The van der Waals surface area contributed by atoms with Gasteiger partial charge < -0.3 is 9.68 Å². The highest BCUT2D eigenvalue weighted by Gasteiger charge is 2.16. The van der Waals surface area contributed by atoms with Gasteiger partial charge in [-0.15, -0.1) is 0 Å². The Bertz CT molecular complexity index is 298. The van der Waals surface area contributed by atoms with Crippen LogP contribution in [0.4, 0.5) is 0 Å². The van der Waals surface area contributed by atoms with Gasteiger partial charge in [-0.1, -0.05) is 56.7 Å². The van der Waals surface area contributed by atoms with Crippen LogP contribution in [0, 0.1) is 0 Å². The van der Waals surface area contributed by atoms with Crippen LogP contribution in [-0.2, 0) is 23.5 Å². The Labute approximate surface area is 133 Å². The number of nitrogens with two attached hydrogens (primary N) is 1. The molecule has 0 amide bonds. The SMILES string of the molecule is C.C.C.C.C.C.C=C(C)COB(O)CCOS(=O)(=O)ON. The lowest BCUT2D eigenvalue weighted by atomic mass is 9.86. The molecule has 0 aromatic rings. The molecule has 0 bridgehead atoms. The zero-order chi connectivity index (χ0) is 11.9. The molecule has 0 atom stereocenters. The first-order valence-electron chi connectivity index (χ1n) is 4.09. The summed E-state index contributed by atoms with van der Waals surface area (Å²) >= 11 is 0. The second-order valence-corrected chi connectivity index (χ2v) is 4.08. The molecular formula is C12H38BNO6S. The lowest BCUT2D eigenvalue weighted by Gasteiger charge is -2.07. The summed E-state index contributed by atoms with van der Waals surface area (Å²) in [5.41, 5.74) is 0.743. The highest BCUT2D eigenvalue weighted by Crippen LogP contribution is 1.99. The Hall–Kier alpha value is -0.445. The van der Waals surface area contributed by atoms with Crippen LogP contribution in [0.25, 0.3) is 0 Å². The molecule has 3 N–H and O–H groups in total. The number of hydrogen-bond donors (Lipinski definition) is 2. The third-order valence-electron chi connectivity index (χ3n) is 1.23. The fraction of sp³-hybridized carbons (Fsp3) is 0.833. The van der Waals surface area contributed by atoms with E-state index in [2.05, 4.69) is 20.9 Å². The van der Waals surface area contributed by atoms with E-state index in [1.54, 1.807) is 6.92 Å². The summed E-state index contributed by atoms with van der Waals surface area (Å²) in [5, 5.41) is 9.16.